The molecule has 0 bridgehead atoms. The Hall–Kier alpha value is -2.27. The second-order valence-corrected chi connectivity index (χ2v) is 5.32. The molecule has 110 valence electrons. The number of anilines is 1. The molecule has 0 aliphatic carbocycles. The number of rotatable bonds is 3. The molecule has 1 saturated heterocycles. The molecule has 5 heteroatoms. The van der Waals surface area contributed by atoms with Gasteiger partial charge >= 0.3 is 5.97 Å². The molecule has 0 unspecified atom stereocenters. The molecular formula is C16H17NO4. The maximum absolute atomic E-state index is 11.2. The summed E-state index contributed by atoms with van der Waals surface area (Å²) in [4.78, 5) is 13.4. The van der Waals surface area contributed by atoms with Crippen LogP contribution < -0.4 is 4.90 Å². The van der Waals surface area contributed by atoms with E-state index < -0.39 is 11.6 Å². The Labute approximate surface area is 122 Å². The van der Waals surface area contributed by atoms with E-state index in [0.717, 1.165) is 5.69 Å². The normalized spacial score (nSPS) is 17.7. The van der Waals surface area contributed by atoms with Gasteiger partial charge in [0.05, 0.1) is 6.26 Å². The molecule has 2 N–H and O–H groups in total. The average Bonchev–Trinajstić information content (AvgIpc) is 2.99. The van der Waals surface area contributed by atoms with Gasteiger partial charge in [0.15, 0.2) is 0 Å². The van der Waals surface area contributed by atoms with E-state index in [1.807, 2.05) is 30.3 Å². The molecule has 21 heavy (non-hydrogen) atoms. The lowest BCUT2D eigenvalue weighted by atomic mass is 9.87. The zero-order chi connectivity index (χ0) is 14.9. The smallest absolute Gasteiger partial charge is 0.339 e. The fourth-order valence-electron chi connectivity index (χ4n) is 2.84. The maximum Gasteiger partial charge on any atom is 0.339 e. The molecule has 1 aromatic heterocycles. The Morgan fingerprint density at radius 3 is 2.43 bits per heavy atom. The van der Waals surface area contributed by atoms with Crippen molar-refractivity contribution >= 4 is 11.7 Å². The van der Waals surface area contributed by atoms with Crippen LogP contribution in [0.1, 0.15) is 29.0 Å². The monoisotopic (exact) mass is 287 g/mol. The van der Waals surface area contributed by atoms with E-state index in [1.54, 1.807) is 0 Å². The van der Waals surface area contributed by atoms with Gasteiger partial charge < -0.3 is 19.5 Å². The number of hydrogen-bond donors (Lipinski definition) is 2. The van der Waals surface area contributed by atoms with Crippen molar-refractivity contribution in [1.29, 1.82) is 0 Å². The largest absolute Gasteiger partial charge is 0.478 e. The first kappa shape index (κ1) is 13.7. The van der Waals surface area contributed by atoms with E-state index in [-0.39, 0.29) is 11.3 Å². The van der Waals surface area contributed by atoms with Gasteiger partial charge in [-0.2, -0.15) is 0 Å². The summed E-state index contributed by atoms with van der Waals surface area (Å²) < 4.78 is 5.26. The molecule has 0 radical (unpaired) electrons. The SMILES string of the molecule is O=C(O)c1ccoc1C1(O)CCN(c2ccccc2)CC1. The molecule has 1 fully saturated rings. The number of carboxylic acids is 1. The number of hydrogen-bond acceptors (Lipinski definition) is 4. The topological polar surface area (TPSA) is 73.9 Å². The predicted octanol–water partition coefficient (Wildman–Crippen LogP) is 2.47. The van der Waals surface area contributed by atoms with Crippen LogP contribution >= 0.6 is 0 Å². The summed E-state index contributed by atoms with van der Waals surface area (Å²) in [6, 6.07) is 11.4. The van der Waals surface area contributed by atoms with Crippen LogP contribution in [0.5, 0.6) is 0 Å². The third kappa shape index (κ3) is 2.52. The summed E-state index contributed by atoms with van der Waals surface area (Å²) in [6.07, 6.45) is 2.20. The Bertz CT molecular complexity index is 627. The van der Waals surface area contributed by atoms with Crippen molar-refractivity contribution in [3.63, 3.8) is 0 Å². The van der Waals surface area contributed by atoms with Gasteiger partial charge in [0.2, 0.25) is 0 Å². The highest BCUT2D eigenvalue weighted by atomic mass is 16.4. The van der Waals surface area contributed by atoms with Gasteiger partial charge in [-0.1, -0.05) is 18.2 Å². The number of carbonyl (C=O) groups is 1. The van der Waals surface area contributed by atoms with Gasteiger partial charge in [0.1, 0.15) is 16.9 Å². The van der Waals surface area contributed by atoms with Gasteiger partial charge in [0.25, 0.3) is 0 Å². The van der Waals surface area contributed by atoms with Crippen LogP contribution in [0, 0.1) is 0 Å². The van der Waals surface area contributed by atoms with Crippen LogP contribution in [0.3, 0.4) is 0 Å². The van der Waals surface area contributed by atoms with Crippen molar-refractivity contribution in [3.05, 3.63) is 54.0 Å². The third-order valence-corrected chi connectivity index (χ3v) is 4.03. The molecule has 3 rings (SSSR count). The molecule has 5 nitrogen and oxygen atoms in total. The van der Waals surface area contributed by atoms with Crippen LogP contribution in [0.25, 0.3) is 0 Å². The fraction of sp³-hybridized carbons (Fsp3) is 0.312. The van der Waals surface area contributed by atoms with E-state index in [1.165, 1.54) is 12.3 Å². The van der Waals surface area contributed by atoms with Crippen molar-refractivity contribution in [2.75, 3.05) is 18.0 Å². The summed E-state index contributed by atoms with van der Waals surface area (Å²) in [7, 11) is 0. The lowest BCUT2D eigenvalue weighted by molar-refractivity contribution is -0.00983. The highest BCUT2D eigenvalue weighted by Crippen LogP contribution is 2.36. The first-order valence-corrected chi connectivity index (χ1v) is 6.94. The van der Waals surface area contributed by atoms with E-state index in [0.29, 0.717) is 25.9 Å². The fourth-order valence-corrected chi connectivity index (χ4v) is 2.84. The van der Waals surface area contributed by atoms with Crippen molar-refractivity contribution in [2.45, 2.75) is 18.4 Å². The minimum Gasteiger partial charge on any atom is -0.478 e. The number of furan rings is 1. The number of carboxylic acid groups (broad SMARTS) is 1. The van der Waals surface area contributed by atoms with Gasteiger partial charge in [-0.15, -0.1) is 0 Å². The molecule has 0 atom stereocenters. The van der Waals surface area contributed by atoms with Gasteiger partial charge in [-0.3, -0.25) is 0 Å². The summed E-state index contributed by atoms with van der Waals surface area (Å²) in [5.41, 5.74) is -0.0502. The van der Waals surface area contributed by atoms with Crippen LogP contribution in [0.15, 0.2) is 47.1 Å². The van der Waals surface area contributed by atoms with Crippen molar-refractivity contribution < 1.29 is 19.4 Å². The minimum atomic E-state index is -1.21. The van der Waals surface area contributed by atoms with Gasteiger partial charge in [0, 0.05) is 31.6 Å². The van der Waals surface area contributed by atoms with Crippen molar-refractivity contribution in [2.24, 2.45) is 0 Å². The highest BCUT2D eigenvalue weighted by Gasteiger charge is 2.39. The Morgan fingerprint density at radius 2 is 1.81 bits per heavy atom. The van der Waals surface area contributed by atoms with Crippen molar-refractivity contribution in [3.8, 4) is 0 Å². The summed E-state index contributed by atoms with van der Waals surface area (Å²) >= 11 is 0. The van der Waals surface area contributed by atoms with E-state index in [4.69, 9.17) is 9.52 Å². The lowest BCUT2D eigenvalue weighted by Crippen LogP contribution is -2.43. The summed E-state index contributed by atoms with van der Waals surface area (Å²) in [6.45, 7) is 1.31. The summed E-state index contributed by atoms with van der Waals surface area (Å²) in [5, 5.41) is 19.9. The number of benzene rings is 1. The summed E-state index contributed by atoms with van der Waals surface area (Å²) in [5.74, 6) is -0.902. The maximum atomic E-state index is 11.2. The quantitative estimate of drug-likeness (QED) is 0.907. The van der Waals surface area contributed by atoms with Crippen LogP contribution in [0.4, 0.5) is 5.69 Å². The average molecular weight is 287 g/mol. The molecule has 2 heterocycles. The first-order chi connectivity index (χ1) is 10.1. The molecule has 1 aliphatic heterocycles. The second-order valence-electron chi connectivity index (χ2n) is 5.32. The molecule has 0 amide bonds. The minimum absolute atomic E-state index is 0.0469. The van der Waals surface area contributed by atoms with E-state index in [9.17, 15) is 9.90 Å². The molecule has 1 aromatic carbocycles. The zero-order valence-corrected chi connectivity index (χ0v) is 11.5. The Kier molecular flexibility index (Phi) is 3.43. The first-order valence-electron chi connectivity index (χ1n) is 6.94. The standard InChI is InChI=1S/C16H17NO4/c18-15(19)13-6-11-21-14(13)16(20)7-9-17(10-8-16)12-4-2-1-3-5-12/h1-6,11,20H,7-10H2,(H,18,19). The van der Waals surface area contributed by atoms with Crippen LogP contribution in [-0.2, 0) is 5.60 Å². The zero-order valence-electron chi connectivity index (χ0n) is 11.5. The van der Waals surface area contributed by atoms with Crippen LogP contribution in [0.2, 0.25) is 0 Å². The number of piperidine rings is 1. The molecule has 2 aromatic rings. The third-order valence-electron chi connectivity index (χ3n) is 4.03. The van der Waals surface area contributed by atoms with Crippen molar-refractivity contribution in [1.82, 2.24) is 0 Å². The molecule has 0 saturated carbocycles. The molecule has 0 spiro atoms. The van der Waals surface area contributed by atoms with Crippen LogP contribution in [-0.4, -0.2) is 29.3 Å². The number of aliphatic hydroxyl groups is 1. The number of aromatic carboxylic acids is 1. The molecule has 1 aliphatic rings. The highest BCUT2D eigenvalue weighted by molar-refractivity contribution is 5.89. The second kappa shape index (κ2) is 5.26. The van der Waals surface area contributed by atoms with Gasteiger partial charge in [-0.25, -0.2) is 4.79 Å². The number of nitrogens with zero attached hydrogens (tertiary/aromatic N) is 1. The van der Waals surface area contributed by atoms with E-state index in [2.05, 4.69) is 4.90 Å². The van der Waals surface area contributed by atoms with Gasteiger partial charge in [-0.05, 0) is 18.2 Å². The van der Waals surface area contributed by atoms with E-state index >= 15 is 0 Å². The molecular weight excluding hydrogens is 270 g/mol. The number of para-hydroxylation sites is 1. The Morgan fingerprint density at radius 1 is 1.14 bits per heavy atom. The Balaban J connectivity index is 1.78. The lowest BCUT2D eigenvalue weighted by Gasteiger charge is -2.38. The predicted molar refractivity (Wildman–Crippen MR) is 77.5 cm³/mol.